The Morgan fingerprint density at radius 1 is 1.41 bits per heavy atom. The lowest BCUT2D eigenvalue weighted by Crippen LogP contribution is -2.21. The summed E-state index contributed by atoms with van der Waals surface area (Å²) in [5.74, 6) is 0.948. The highest BCUT2D eigenvalue weighted by Gasteiger charge is 2.04. The van der Waals surface area contributed by atoms with Gasteiger partial charge in [-0.3, -0.25) is 4.79 Å². The van der Waals surface area contributed by atoms with Crippen LogP contribution < -0.4 is 10.5 Å². The number of carbonyl (C=O) groups excluding carboxylic acids is 1. The van der Waals surface area contributed by atoms with E-state index in [2.05, 4.69) is 0 Å². The van der Waals surface area contributed by atoms with Crippen molar-refractivity contribution < 1.29 is 9.53 Å². The van der Waals surface area contributed by atoms with Gasteiger partial charge in [-0.05, 0) is 24.1 Å². The van der Waals surface area contributed by atoms with Crippen LogP contribution in [0.3, 0.4) is 0 Å². The van der Waals surface area contributed by atoms with Gasteiger partial charge in [-0.2, -0.15) is 0 Å². The molecule has 0 aliphatic rings. The van der Waals surface area contributed by atoms with Crippen LogP contribution in [0.25, 0.3) is 0 Å². The predicted molar refractivity (Wildman–Crippen MR) is 68.0 cm³/mol. The van der Waals surface area contributed by atoms with Crippen LogP contribution in [0.2, 0.25) is 0 Å². The molecule has 0 saturated carbocycles. The van der Waals surface area contributed by atoms with Crippen LogP contribution in [0.5, 0.6) is 5.75 Å². The molecule has 0 aliphatic heterocycles. The molecule has 1 amide bonds. The first kappa shape index (κ1) is 13.5. The molecule has 0 saturated heterocycles. The van der Waals surface area contributed by atoms with Crippen molar-refractivity contribution in [3.63, 3.8) is 0 Å². The molecule has 17 heavy (non-hydrogen) atoms. The van der Waals surface area contributed by atoms with Crippen molar-refractivity contribution >= 4 is 5.91 Å². The minimum absolute atomic E-state index is 0.137. The number of hydrogen-bond donors (Lipinski definition) is 1. The van der Waals surface area contributed by atoms with Gasteiger partial charge in [0.2, 0.25) is 5.91 Å². The van der Waals surface area contributed by atoms with E-state index in [1.807, 2.05) is 24.3 Å². The SMILES string of the molecule is CN(C)C(=O)CCc1cccc(OCCN)c1. The highest BCUT2D eigenvalue weighted by Crippen LogP contribution is 2.14. The van der Waals surface area contributed by atoms with Crippen molar-refractivity contribution in [1.82, 2.24) is 4.90 Å². The molecule has 1 aromatic rings. The monoisotopic (exact) mass is 236 g/mol. The Labute approximate surface area is 102 Å². The summed E-state index contributed by atoms with van der Waals surface area (Å²) in [6, 6.07) is 7.78. The van der Waals surface area contributed by atoms with Crippen molar-refractivity contribution in [2.24, 2.45) is 5.73 Å². The van der Waals surface area contributed by atoms with Gasteiger partial charge in [0.1, 0.15) is 12.4 Å². The third kappa shape index (κ3) is 4.87. The molecular weight excluding hydrogens is 216 g/mol. The number of hydrogen-bond acceptors (Lipinski definition) is 3. The summed E-state index contributed by atoms with van der Waals surface area (Å²) >= 11 is 0. The van der Waals surface area contributed by atoms with E-state index in [9.17, 15) is 4.79 Å². The predicted octanol–water partition coefficient (Wildman–Crippen LogP) is 1.04. The maximum absolute atomic E-state index is 11.5. The van der Waals surface area contributed by atoms with Gasteiger partial charge in [0.25, 0.3) is 0 Å². The molecule has 0 bridgehead atoms. The third-order valence-corrected chi connectivity index (χ3v) is 2.41. The summed E-state index contributed by atoms with van der Waals surface area (Å²) in [6.45, 7) is 1.02. The van der Waals surface area contributed by atoms with E-state index in [1.165, 1.54) is 0 Å². The number of rotatable bonds is 6. The Bertz CT molecular complexity index is 364. The van der Waals surface area contributed by atoms with Gasteiger partial charge in [0, 0.05) is 27.1 Å². The number of nitrogens with two attached hydrogens (primary N) is 1. The van der Waals surface area contributed by atoms with Crippen molar-refractivity contribution in [3.8, 4) is 5.75 Å². The normalized spacial score (nSPS) is 10.1. The number of nitrogens with zero attached hydrogens (tertiary/aromatic N) is 1. The average molecular weight is 236 g/mol. The van der Waals surface area contributed by atoms with E-state index < -0.39 is 0 Å². The third-order valence-electron chi connectivity index (χ3n) is 2.41. The first-order chi connectivity index (χ1) is 8.13. The van der Waals surface area contributed by atoms with E-state index in [0.717, 1.165) is 17.7 Å². The number of amides is 1. The summed E-state index contributed by atoms with van der Waals surface area (Å²) in [5.41, 5.74) is 6.48. The Hall–Kier alpha value is -1.55. The zero-order chi connectivity index (χ0) is 12.7. The standard InChI is InChI=1S/C13H20N2O2/c1-15(2)13(16)7-6-11-4-3-5-12(10-11)17-9-8-14/h3-5,10H,6-9,14H2,1-2H3. The molecule has 94 valence electrons. The van der Waals surface area contributed by atoms with Crippen LogP contribution in [-0.4, -0.2) is 38.1 Å². The molecule has 0 atom stereocenters. The Balaban J connectivity index is 2.51. The lowest BCUT2D eigenvalue weighted by molar-refractivity contribution is -0.128. The van der Waals surface area contributed by atoms with Crippen LogP contribution in [0, 0.1) is 0 Å². The van der Waals surface area contributed by atoms with Gasteiger partial charge in [-0.25, -0.2) is 0 Å². The summed E-state index contributed by atoms with van der Waals surface area (Å²) in [5, 5.41) is 0. The first-order valence-electron chi connectivity index (χ1n) is 5.75. The van der Waals surface area contributed by atoms with Crippen LogP contribution in [0.15, 0.2) is 24.3 Å². The smallest absolute Gasteiger partial charge is 0.222 e. The number of ether oxygens (including phenoxy) is 1. The van der Waals surface area contributed by atoms with Crippen molar-refractivity contribution in [2.45, 2.75) is 12.8 Å². The van der Waals surface area contributed by atoms with Gasteiger partial charge >= 0.3 is 0 Å². The Morgan fingerprint density at radius 2 is 2.18 bits per heavy atom. The zero-order valence-corrected chi connectivity index (χ0v) is 10.5. The highest BCUT2D eigenvalue weighted by atomic mass is 16.5. The summed E-state index contributed by atoms with van der Waals surface area (Å²) < 4.78 is 5.43. The second-order valence-electron chi connectivity index (χ2n) is 4.07. The second kappa shape index (κ2) is 6.91. The van der Waals surface area contributed by atoms with Gasteiger partial charge in [-0.15, -0.1) is 0 Å². The second-order valence-corrected chi connectivity index (χ2v) is 4.07. The highest BCUT2D eigenvalue weighted by molar-refractivity contribution is 5.75. The number of carbonyl (C=O) groups is 1. The lowest BCUT2D eigenvalue weighted by atomic mass is 10.1. The molecule has 0 fully saturated rings. The number of benzene rings is 1. The van der Waals surface area contributed by atoms with Crippen molar-refractivity contribution in [1.29, 1.82) is 0 Å². The van der Waals surface area contributed by atoms with Crippen molar-refractivity contribution in [2.75, 3.05) is 27.2 Å². The molecule has 2 N–H and O–H groups in total. The zero-order valence-electron chi connectivity index (χ0n) is 10.5. The molecule has 1 rings (SSSR count). The van der Waals surface area contributed by atoms with E-state index in [0.29, 0.717) is 19.6 Å². The maximum atomic E-state index is 11.5. The van der Waals surface area contributed by atoms with Gasteiger partial charge in [0.05, 0.1) is 0 Å². The molecule has 0 unspecified atom stereocenters. The minimum Gasteiger partial charge on any atom is -0.492 e. The molecule has 4 heteroatoms. The summed E-state index contributed by atoms with van der Waals surface area (Å²) in [4.78, 5) is 13.1. The van der Waals surface area contributed by atoms with Crippen LogP contribution >= 0.6 is 0 Å². The quantitative estimate of drug-likeness (QED) is 0.803. The van der Waals surface area contributed by atoms with E-state index in [-0.39, 0.29) is 5.91 Å². The molecule has 4 nitrogen and oxygen atoms in total. The van der Waals surface area contributed by atoms with Crippen LogP contribution in [-0.2, 0) is 11.2 Å². The Morgan fingerprint density at radius 3 is 2.82 bits per heavy atom. The first-order valence-corrected chi connectivity index (χ1v) is 5.75. The van der Waals surface area contributed by atoms with Gasteiger partial charge < -0.3 is 15.4 Å². The summed E-state index contributed by atoms with van der Waals surface area (Å²) in [6.07, 6.45) is 1.25. The van der Waals surface area contributed by atoms with E-state index >= 15 is 0 Å². The van der Waals surface area contributed by atoms with E-state index in [1.54, 1.807) is 19.0 Å². The molecule has 0 aromatic heterocycles. The van der Waals surface area contributed by atoms with E-state index in [4.69, 9.17) is 10.5 Å². The average Bonchev–Trinajstić information content (AvgIpc) is 2.33. The number of aryl methyl sites for hydroxylation is 1. The van der Waals surface area contributed by atoms with Gasteiger partial charge in [-0.1, -0.05) is 12.1 Å². The molecule has 0 aliphatic carbocycles. The molecule has 1 aromatic carbocycles. The largest absolute Gasteiger partial charge is 0.492 e. The van der Waals surface area contributed by atoms with Crippen LogP contribution in [0.4, 0.5) is 0 Å². The topological polar surface area (TPSA) is 55.6 Å². The minimum atomic E-state index is 0.137. The molecule has 0 heterocycles. The fourth-order valence-electron chi connectivity index (χ4n) is 1.44. The molecule has 0 radical (unpaired) electrons. The maximum Gasteiger partial charge on any atom is 0.222 e. The summed E-state index contributed by atoms with van der Waals surface area (Å²) in [7, 11) is 3.53. The van der Waals surface area contributed by atoms with Crippen LogP contribution in [0.1, 0.15) is 12.0 Å². The van der Waals surface area contributed by atoms with Gasteiger partial charge in [0.15, 0.2) is 0 Å². The fraction of sp³-hybridized carbons (Fsp3) is 0.462. The van der Waals surface area contributed by atoms with Crippen molar-refractivity contribution in [3.05, 3.63) is 29.8 Å². The Kier molecular flexibility index (Phi) is 5.49. The fourth-order valence-corrected chi connectivity index (χ4v) is 1.44. The lowest BCUT2D eigenvalue weighted by Gasteiger charge is -2.10. The molecular formula is C13H20N2O2. The molecule has 0 spiro atoms.